The fourth-order valence-corrected chi connectivity index (χ4v) is 4.52. The molecule has 0 aromatic carbocycles. The lowest BCUT2D eigenvalue weighted by molar-refractivity contribution is -0.0535. The molecule has 0 radical (unpaired) electrons. The number of ether oxygens (including phenoxy) is 1. The Kier molecular flexibility index (Phi) is 4.52. The molecular formula is C18H24N4OS. The zero-order valence-corrected chi connectivity index (χ0v) is 14.9. The molecule has 5 nitrogen and oxygen atoms in total. The zero-order chi connectivity index (χ0) is 16.4. The Hall–Kier alpha value is -1.50. The summed E-state index contributed by atoms with van der Waals surface area (Å²) >= 11 is 1.73. The van der Waals surface area contributed by atoms with Gasteiger partial charge in [-0.3, -0.25) is 4.90 Å². The number of aryl methyl sites for hydroxylation is 1. The normalized spacial score (nSPS) is 27.6. The van der Waals surface area contributed by atoms with Crippen LogP contribution >= 0.6 is 11.3 Å². The van der Waals surface area contributed by atoms with Gasteiger partial charge in [-0.15, -0.1) is 11.3 Å². The highest BCUT2D eigenvalue weighted by atomic mass is 32.1. The number of nitrogens with one attached hydrogen (secondary N) is 1. The summed E-state index contributed by atoms with van der Waals surface area (Å²) in [7, 11) is 0. The molecule has 2 aliphatic heterocycles. The number of aromatic nitrogens is 2. The van der Waals surface area contributed by atoms with Crippen LogP contribution in [0.3, 0.4) is 0 Å². The third kappa shape index (κ3) is 3.61. The molecule has 1 N–H and O–H groups in total. The summed E-state index contributed by atoms with van der Waals surface area (Å²) < 4.78 is 6.29. The minimum atomic E-state index is -0.00420. The third-order valence-electron chi connectivity index (χ3n) is 4.90. The molecule has 0 amide bonds. The number of anilines is 1. The second kappa shape index (κ2) is 6.78. The van der Waals surface area contributed by atoms with E-state index in [1.54, 1.807) is 11.3 Å². The summed E-state index contributed by atoms with van der Waals surface area (Å²) in [4.78, 5) is 11.5. The van der Waals surface area contributed by atoms with Crippen LogP contribution in [0.25, 0.3) is 0 Å². The van der Waals surface area contributed by atoms with Crippen LogP contribution in [-0.2, 0) is 11.3 Å². The molecule has 2 aromatic heterocycles. The van der Waals surface area contributed by atoms with E-state index in [1.165, 1.54) is 12.1 Å². The highest BCUT2D eigenvalue weighted by Gasteiger charge is 2.43. The van der Waals surface area contributed by atoms with Gasteiger partial charge in [0.05, 0.1) is 29.0 Å². The van der Waals surface area contributed by atoms with E-state index in [2.05, 4.69) is 32.5 Å². The molecule has 4 heterocycles. The first kappa shape index (κ1) is 16.0. The summed E-state index contributed by atoms with van der Waals surface area (Å²) in [5.74, 6) is 0.939. The number of piperidine rings is 1. The lowest BCUT2D eigenvalue weighted by Crippen LogP contribution is -2.47. The van der Waals surface area contributed by atoms with E-state index < -0.39 is 0 Å². The summed E-state index contributed by atoms with van der Waals surface area (Å²) in [5, 5.41) is 6.84. The minimum absolute atomic E-state index is 0.00420. The van der Waals surface area contributed by atoms with Crippen molar-refractivity contribution in [3.8, 4) is 0 Å². The Bertz CT molecular complexity index is 677. The molecule has 128 valence electrons. The number of thiazole rings is 1. The largest absolute Gasteiger partial charge is 0.371 e. The van der Waals surface area contributed by atoms with Gasteiger partial charge in [0.25, 0.3) is 0 Å². The Morgan fingerprint density at radius 3 is 3.21 bits per heavy atom. The number of hydrogen-bond donors (Lipinski definition) is 1. The van der Waals surface area contributed by atoms with Crippen molar-refractivity contribution in [3.63, 3.8) is 0 Å². The number of rotatable bonds is 4. The van der Waals surface area contributed by atoms with E-state index >= 15 is 0 Å². The smallest absolute Gasteiger partial charge is 0.126 e. The van der Waals surface area contributed by atoms with Gasteiger partial charge in [0, 0.05) is 31.1 Å². The third-order valence-corrected chi connectivity index (χ3v) is 5.72. The van der Waals surface area contributed by atoms with Crippen molar-refractivity contribution in [2.24, 2.45) is 0 Å². The van der Waals surface area contributed by atoms with Gasteiger partial charge in [0.1, 0.15) is 5.82 Å². The quantitative estimate of drug-likeness (QED) is 0.924. The molecule has 6 heteroatoms. The van der Waals surface area contributed by atoms with Gasteiger partial charge < -0.3 is 10.1 Å². The molecule has 0 saturated carbocycles. The molecule has 24 heavy (non-hydrogen) atoms. The summed E-state index contributed by atoms with van der Waals surface area (Å²) in [6, 6.07) is 6.32. The fraction of sp³-hybridized carbons (Fsp3) is 0.556. The van der Waals surface area contributed by atoms with Crippen LogP contribution < -0.4 is 5.32 Å². The summed E-state index contributed by atoms with van der Waals surface area (Å²) in [6.07, 6.45) is 5.22. The van der Waals surface area contributed by atoms with Crippen molar-refractivity contribution < 1.29 is 4.74 Å². The molecule has 4 rings (SSSR count). The standard InChI is InChI=1S/C18H24N4OS/c1-14-20-16(12-24-14)10-22-8-4-6-18(13-22)9-15(11-23-18)21-17-5-2-3-7-19-17/h2-3,5,7,12,15H,4,6,8-11,13H2,1H3,(H,19,21)/t15-,18-/m1/s1. The SMILES string of the molecule is Cc1nc(CN2CCC[C@@]3(C[C@@H](Nc4ccccn4)CO3)C2)cs1. The van der Waals surface area contributed by atoms with E-state index in [9.17, 15) is 0 Å². The van der Waals surface area contributed by atoms with Gasteiger partial charge in [0.15, 0.2) is 0 Å². The van der Waals surface area contributed by atoms with Gasteiger partial charge in [-0.25, -0.2) is 9.97 Å². The van der Waals surface area contributed by atoms with Crippen molar-refractivity contribution in [2.75, 3.05) is 25.0 Å². The topological polar surface area (TPSA) is 50.3 Å². The molecule has 1 spiro atoms. The van der Waals surface area contributed by atoms with Crippen LogP contribution in [0.1, 0.15) is 30.0 Å². The van der Waals surface area contributed by atoms with Gasteiger partial charge >= 0.3 is 0 Å². The lowest BCUT2D eigenvalue weighted by atomic mass is 9.88. The van der Waals surface area contributed by atoms with Crippen molar-refractivity contribution >= 4 is 17.2 Å². The number of pyridine rings is 1. The van der Waals surface area contributed by atoms with E-state index in [0.29, 0.717) is 6.04 Å². The molecular weight excluding hydrogens is 320 g/mol. The molecule has 2 atom stereocenters. The maximum Gasteiger partial charge on any atom is 0.126 e. The highest BCUT2D eigenvalue weighted by molar-refractivity contribution is 7.09. The Balaban J connectivity index is 1.36. The lowest BCUT2D eigenvalue weighted by Gasteiger charge is -2.39. The molecule has 0 bridgehead atoms. The maximum absolute atomic E-state index is 6.29. The molecule has 2 fully saturated rings. The van der Waals surface area contributed by atoms with Gasteiger partial charge in [-0.1, -0.05) is 6.07 Å². The monoisotopic (exact) mass is 344 g/mol. The van der Waals surface area contributed by atoms with Crippen molar-refractivity contribution in [3.05, 3.63) is 40.5 Å². The highest BCUT2D eigenvalue weighted by Crippen LogP contribution is 2.36. The van der Waals surface area contributed by atoms with Gasteiger partial charge in [0.2, 0.25) is 0 Å². The fourth-order valence-electron chi connectivity index (χ4n) is 3.91. The van der Waals surface area contributed by atoms with Crippen molar-refractivity contribution in [1.82, 2.24) is 14.9 Å². The number of likely N-dealkylation sites (tertiary alicyclic amines) is 1. The molecule has 0 unspecified atom stereocenters. The van der Waals surface area contributed by atoms with Crippen LogP contribution in [0.4, 0.5) is 5.82 Å². The Labute approximate surface area is 147 Å². The second-order valence-corrected chi connectivity index (χ2v) is 7.99. The van der Waals surface area contributed by atoms with Crippen LogP contribution in [0.5, 0.6) is 0 Å². The Morgan fingerprint density at radius 1 is 1.46 bits per heavy atom. The molecule has 2 saturated heterocycles. The molecule has 2 aromatic rings. The first-order valence-electron chi connectivity index (χ1n) is 8.66. The van der Waals surface area contributed by atoms with Crippen LogP contribution in [-0.4, -0.2) is 46.2 Å². The van der Waals surface area contributed by atoms with Crippen molar-refractivity contribution in [2.45, 2.75) is 44.4 Å². The Morgan fingerprint density at radius 2 is 2.42 bits per heavy atom. The molecule has 2 aliphatic rings. The van der Waals surface area contributed by atoms with Crippen LogP contribution in [0.15, 0.2) is 29.8 Å². The second-order valence-electron chi connectivity index (χ2n) is 6.93. The average molecular weight is 344 g/mol. The summed E-state index contributed by atoms with van der Waals surface area (Å²) in [5.41, 5.74) is 1.19. The molecule has 0 aliphatic carbocycles. The minimum Gasteiger partial charge on any atom is -0.371 e. The van der Waals surface area contributed by atoms with E-state index in [1.807, 2.05) is 24.4 Å². The first-order valence-corrected chi connectivity index (χ1v) is 9.54. The summed E-state index contributed by atoms with van der Waals surface area (Å²) in [6.45, 7) is 5.91. The first-order chi connectivity index (χ1) is 11.7. The predicted molar refractivity (Wildman–Crippen MR) is 96.3 cm³/mol. The van der Waals surface area contributed by atoms with Crippen LogP contribution in [0, 0.1) is 6.92 Å². The van der Waals surface area contributed by atoms with Gasteiger partial charge in [-0.05, 0) is 38.4 Å². The predicted octanol–water partition coefficient (Wildman–Crippen LogP) is 3.08. The van der Waals surface area contributed by atoms with Gasteiger partial charge in [-0.2, -0.15) is 0 Å². The van der Waals surface area contributed by atoms with E-state index in [4.69, 9.17) is 4.74 Å². The van der Waals surface area contributed by atoms with E-state index in [0.717, 1.165) is 49.9 Å². The van der Waals surface area contributed by atoms with Crippen molar-refractivity contribution in [1.29, 1.82) is 0 Å². The number of nitrogens with zero attached hydrogens (tertiary/aromatic N) is 3. The zero-order valence-electron chi connectivity index (χ0n) is 14.1. The number of hydrogen-bond acceptors (Lipinski definition) is 6. The maximum atomic E-state index is 6.29. The average Bonchev–Trinajstić information content (AvgIpc) is 3.15. The van der Waals surface area contributed by atoms with Crippen LogP contribution in [0.2, 0.25) is 0 Å². The van der Waals surface area contributed by atoms with E-state index in [-0.39, 0.29) is 5.60 Å².